The third kappa shape index (κ3) is 6.51. The van der Waals surface area contributed by atoms with Crippen LogP contribution in [-0.4, -0.2) is 0 Å². The maximum absolute atomic E-state index is 5.54. The van der Waals surface area contributed by atoms with Crippen molar-refractivity contribution < 1.29 is 0 Å². The van der Waals surface area contributed by atoms with Crippen LogP contribution in [0.4, 0.5) is 0 Å². The van der Waals surface area contributed by atoms with E-state index in [9.17, 15) is 0 Å². The fraction of sp³-hybridized carbons (Fsp3) is 0.667. The van der Waals surface area contributed by atoms with Crippen molar-refractivity contribution in [2.45, 2.75) is 20.8 Å². The number of rotatable bonds is 0. The van der Waals surface area contributed by atoms with Crippen LogP contribution in [0.3, 0.4) is 0 Å². The normalized spacial score (nSPS) is 14.4. The van der Waals surface area contributed by atoms with E-state index in [-0.39, 0.29) is 5.41 Å². The van der Waals surface area contributed by atoms with Crippen molar-refractivity contribution in [2.75, 3.05) is 0 Å². The van der Waals surface area contributed by atoms with Crippen LogP contribution in [0.1, 0.15) is 20.8 Å². The van der Waals surface area contributed by atoms with Gasteiger partial charge in [-0.05, 0) is 21.3 Å². The molecule has 0 aliphatic carbocycles. The molecule has 0 saturated carbocycles. The second-order valence-corrected chi connectivity index (χ2v) is 4.52. The maximum Gasteiger partial charge on any atom is 0.0799 e. The SMILES string of the molecule is CC(C)(C)/C=C(\Cl)Br. The van der Waals surface area contributed by atoms with Crippen LogP contribution >= 0.6 is 27.5 Å². The molecule has 8 heavy (non-hydrogen) atoms. The van der Waals surface area contributed by atoms with E-state index in [1.807, 2.05) is 6.08 Å². The number of hydrogen-bond acceptors (Lipinski definition) is 0. The molecule has 0 unspecified atom stereocenters. The van der Waals surface area contributed by atoms with Gasteiger partial charge in [0.25, 0.3) is 0 Å². The fourth-order valence-corrected chi connectivity index (χ4v) is 1.34. The smallest absolute Gasteiger partial charge is 0.0765 e. The van der Waals surface area contributed by atoms with Gasteiger partial charge in [0.1, 0.15) is 0 Å². The molecule has 0 aromatic carbocycles. The molecular weight excluding hydrogens is 187 g/mol. The quantitative estimate of drug-likeness (QED) is 0.557. The van der Waals surface area contributed by atoms with Crippen molar-refractivity contribution in [3.05, 3.63) is 10.0 Å². The Bertz CT molecular complexity index is 95.6. The summed E-state index contributed by atoms with van der Waals surface area (Å²) in [5.74, 6) is 0. The zero-order chi connectivity index (χ0) is 6.78. The van der Waals surface area contributed by atoms with Crippen molar-refractivity contribution in [1.29, 1.82) is 0 Å². The van der Waals surface area contributed by atoms with E-state index >= 15 is 0 Å². The van der Waals surface area contributed by atoms with Crippen molar-refractivity contribution >= 4 is 27.5 Å². The van der Waals surface area contributed by atoms with E-state index in [4.69, 9.17) is 11.6 Å². The molecule has 2 heteroatoms. The summed E-state index contributed by atoms with van der Waals surface area (Å²) < 4.78 is 0.685. The number of allylic oxidation sites excluding steroid dienone is 1. The zero-order valence-corrected chi connectivity index (χ0v) is 7.68. The molecule has 0 bridgehead atoms. The summed E-state index contributed by atoms with van der Waals surface area (Å²) in [6.45, 7) is 6.28. The number of hydrogen-bond donors (Lipinski definition) is 0. The molecule has 0 heterocycles. The molecule has 0 fully saturated rings. The van der Waals surface area contributed by atoms with E-state index in [1.165, 1.54) is 0 Å². The average molecular weight is 198 g/mol. The van der Waals surface area contributed by atoms with Crippen molar-refractivity contribution in [1.82, 2.24) is 0 Å². The molecule has 0 atom stereocenters. The van der Waals surface area contributed by atoms with E-state index in [1.54, 1.807) is 0 Å². The summed E-state index contributed by atoms with van der Waals surface area (Å²) in [5, 5.41) is 0. The summed E-state index contributed by atoms with van der Waals surface area (Å²) in [7, 11) is 0. The standard InChI is InChI=1S/C6H10BrCl/c1-6(2,3)4-5(7)8/h4H,1-3H3/b5-4-. The largest absolute Gasteiger partial charge is 0.0799 e. The lowest BCUT2D eigenvalue weighted by Gasteiger charge is -2.10. The van der Waals surface area contributed by atoms with Crippen LogP contribution in [0.25, 0.3) is 0 Å². The third-order valence-electron chi connectivity index (χ3n) is 0.542. The topological polar surface area (TPSA) is 0 Å². The lowest BCUT2D eigenvalue weighted by atomic mass is 9.98. The van der Waals surface area contributed by atoms with Gasteiger partial charge in [-0.15, -0.1) is 0 Å². The molecular formula is C6H10BrCl. The van der Waals surface area contributed by atoms with Crippen molar-refractivity contribution in [3.63, 3.8) is 0 Å². The first kappa shape index (κ1) is 8.51. The first-order valence-corrected chi connectivity index (χ1v) is 3.63. The summed E-state index contributed by atoms with van der Waals surface area (Å²) >= 11 is 8.68. The molecule has 0 spiro atoms. The summed E-state index contributed by atoms with van der Waals surface area (Å²) in [5.41, 5.74) is 0.181. The van der Waals surface area contributed by atoms with E-state index in [0.29, 0.717) is 3.94 Å². The Morgan fingerprint density at radius 3 is 1.88 bits per heavy atom. The van der Waals surface area contributed by atoms with Gasteiger partial charge in [0.05, 0.1) is 3.94 Å². The van der Waals surface area contributed by atoms with E-state index in [2.05, 4.69) is 36.7 Å². The van der Waals surface area contributed by atoms with Crippen LogP contribution in [0.15, 0.2) is 10.0 Å². The first-order valence-electron chi connectivity index (χ1n) is 2.46. The maximum atomic E-state index is 5.54. The van der Waals surface area contributed by atoms with Gasteiger partial charge in [0.15, 0.2) is 0 Å². The van der Waals surface area contributed by atoms with Crippen LogP contribution in [0.5, 0.6) is 0 Å². The second kappa shape index (κ2) is 2.88. The predicted molar refractivity (Wildman–Crippen MR) is 42.3 cm³/mol. The van der Waals surface area contributed by atoms with Gasteiger partial charge >= 0.3 is 0 Å². The molecule has 0 rings (SSSR count). The number of halogens is 2. The van der Waals surface area contributed by atoms with Gasteiger partial charge in [0, 0.05) is 0 Å². The van der Waals surface area contributed by atoms with Gasteiger partial charge in [0.2, 0.25) is 0 Å². The molecule has 48 valence electrons. The minimum absolute atomic E-state index is 0.181. The lowest BCUT2D eigenvalue weighted by molar-refractivity contribution is 0.544. The molecule has 0 amide bonds. The fourth-order valence-electron chi connectivity index (χ4n) is 0.327. The molecule has 0 radical (unpaired) electrons. The van der Waals surface area contributed by atoms with Gasteiger partial charge in [-0.1, -0.05) is 38.4 Å². The third-order valence-corrected chi connectivity index (χ3v) is 0.880. The Balaban J connectivity index is 3.89. The molecule has 0 aromatic rings. The minimum atomic E-state index is 0.181. The highest BCUT2D eigenvalue weighted by Gasteiger charge is 2.04. The molecule has 0 aliphatic heterocycles. The highest BCUT2D eigenvalue weighted by atomic mass is 79.9. The van der Waals surface area contributed by atoms with Gasteiger partial charge < -0.3 is 0 Å². The van der Waals surface area contributed by atoms with E-state index < -0.39 is 0 Å². The Labute approximate surface area is 64.0 Å². The highest BCUT2D eigenvalue weighted by Crippen LogP contribution is 2.22. The average Bonchev–Trinajstić information content (AvgIpc) is 1.21. The van der Waals surface area contributed by atoms with Crippen LogP contribution in [-0.2, 0) is 0 Å². The summed E-state index contributed by atoms with van der Waals surface area (Å²) in [4.78, 5) is 0. The van der Waals surface area contributed by atoms with Crippen LogP contribution in [0.2, 0.25) is 0 Å². The first-order chi connectivity index (χ1) is 3.42. The van der Waals surface area contributed by atoms with E-state index in [0.717, 1.165) is 0 Å². The molecule has 0 nitrogen and oxygen atoms in total. The summed E-state index contributed by atoms with van der Waals surface area (Å²) in [6.07, 6.45) is 1.95. The molecule has 0 aromatic heterocycles. The monoisotopic (exact) mass is 196 g/mol. The molecule has 0 N–H and O–H groups in total. The van der Waals surface area contributed by atoms with Gasteiger partial charge in [-0.25, -0.2) is 0 Å². The Kier molecular flexibility index (Phi) is 3.07. The Hall–Kier alpha value is 0.510. The summed E-state index contributed by atoms with van der Waals surface area (Å²) in [6, 6.07) is 0. The predicted octanol–water partition coefficient (Wildman–Crippen LogP) is 3.51. The zero-order valence-electron chi connectivity index (χ0n) is 5.33. The second-order valence-electron chi connectivity index (χ2n) is 2.80. The van der Waals surface area contributed by atoms with Crippen LogP contribution in [0, 0.1) is 5.41 Å². The van der Waals surface area contributed by atoms with Gasteiger partial charge in [-0.3, -0.25) is 0 Å². The molecule has 0 saturated heterocycles. The highest BCUT2D eigenvalue weighted by molar-refractivity contribution is 9.12. The van der Waals surface area contributed by atoms with Crippen molar-refractivity contribution in [2.24, 2.45) is 5.41 Å². The minimum Gasteiger partial charge on any atom is -0.0765 e. The Morgan fingerprint density at radius 2 is 1.88 bits per heavy atom. The Morgan fingerprint density at radius 1 is 1.50 bits per heavy atom. The molecule has 0 aliphatic rings. The van der Waals surface area contributed by atoms with Gasteiger partial charge in [-0.2, -0.15) is 0 Å². The lowest BCUT2D eigenvalue weighted by Crippen LogP contribution is -1.98. The van der Waals surface area contributed by atoms with Crippen LogP contribution < -0.4 is 0 Å². The van der Waals surface area contributed by atoms with Crippen molar-refractivity contribution in [3.8, 4) is 0 Å².